The molecule has 90 valence electrons. The molecule has 0 saturated heterocycles. The van der Waals surface area contributed by atoms with E-state index in [2.05, 4.69) is 22.0 Å². The summed E-state index contributed by atoms with van der Waals surface area (Å²) < 4.78 is 0. The molecular formula is C12H19BrN2O. The highest BCUT2D eigenvalue weighted by Gasteiger charge is 2.43. The number of carbonyl (C=O) groups excluding carboxylic acids is 1. The first-order valence-electron chi connectivity index (χ1n) is 5.69. The van der Waals surface area contributed by atoms with E-state index in [1.807, 2.05) is 27.7 Å². The molecule has 0 aromatic heterocycles. The SMILES string of the molecule is CC(C)C(Br)C(=O)N(C1CC1)C(C)(C)C#N. The van der Waals surface area contributed by atoms with Gasteiger partial charge in [0.15, 0.2) is 0 Å². The first kappa shape index (κ1) is 13.5. The highest BCUT2D eigenvalue weighted by atomic mass is 79.9. The molecule has 1 aliphatic rings. The van der Waals surface area contributed by atoms with E-state index in [1.54, 1.807) is 4.90 Å². The van der Waals surface area contributed by atoms with Crippen molar-refractivity contribution >= 4 is 21.8 Å². The van der Waals surface area contributed by atoms with Crippen LogP contribution in [0.3, 0.4) is 0 Å². The fourth-order valence-corrected chi connectivity index (χ4v) is 1.94. The smallest absolute Gasteiger partial charge is 0.238 e. The quantitative estimate of drug-likeness (QED) is 0.746. The molecule has 1 aliphatic carbocycles. The highest BCUT2D eigenvalue weighted by Crippen LogP contribution is 2.34. The Bertz CT molecular complexity index is 315. The van der Waals surface area contributed by atoms with Crippen molar-refractivity contribution in [3.05, 3.63) is 0 Å². The monoisotopic (exact) mass is 286 g/mol. The van der Waals surface area contributed by atoms with Crippen molar-refractivity contribution in [2.24, 2.45) is 5.92 Å². The van der Waals surface area contributed by atoms with Crippen LogP contribution in [0.5, 0.6) is 0 Å². The molecular weight excluding hydrogens is 268 g/mol. The van der Waals surface area contributed by atoms with Crippen molar-refractivity contribution in [2.45, 2.75) is 56.9 Å². The number of amides is 1. The minimum absolute atomic E-state index is 0.0454. The molecule has 1 fully saturated rings. The van der Waals surface area contributed by atoms with Crippen LogP contribution < -0.4 is 0 Å². The lowest BCUT2D eigenvalue weighted by atomic mass is 10.0. The van der Waals surface area contributed by atoms with Gasteiger partial charge in [0.2, 0.25) is 5.91 Å². The number of alkyl halides is 1. The zero-order valence-corrected chi connectivity index (χ0v) is 11.9. The summed E-state index contributed by atoms with van der Waals surface area (Å²) in [6.45, 7) is 7.62. The summed E-state index contributed by atoms with van der Waals surface area (Å²) in [4.78, 5) is 13.9. The second kappa shape index (κ2) is 4.75. The van der Waals surface area contributed by atoms with Gasteiger partial charge < -0.3 is 4.90 Å². The third-order valence-corrected chi connectivity index (χ3v) is 4.30. The highest BCUT2D eigenvalue weighted by molar-refractivity contribution is 9.10. The molecule has 0 N–H and O–H groups in total. The zero-order valence-electron chi connectivity index (χ0n) is 10.3. The molecule has 0 radical (unpaired) electrons. The van der Waals surface area contributed by atoms with Gasteiger partial charge in [-0.2, -0.15) is 5.26 Å². The van der Waals surface area contributed by atoms with Crippen molar-refractivity contribution in [3.8, 4) is 6.07 Å². The van der Waals surface area contributed by atoms with E-state index in [-0.39, 0.29) is 22.7 Å². The Morgan fingerprint density at radius 2 is 2.00 bits per heavy atom. The van der Waals surface area contributed by atoms with Gasteiger partial charge in [-0.1, -0.05) is 29.8 Å². The van der Waals surface area contributed by atoms with E-state index in [4.69, 9.17) is 5.26 Å². The topological polar surface area (TPSA) is 44.1 Å². The Labute approximate surface area is 106 Å². The molecule has 0 aromatic carbocycles. The maximum atomic E-state index is 12.3. The van der Waals surface area contributed by atoms with Gasteiger partial charge >= 0.3 is 0 Å². The lowest BCUT2D eigenvalue weighted by molar-refractivity contribution is -0.135. The largest absolute Gasteiger partial charge is 0.321 e. The van der Waals surface area contributed by atoms with Crippen molar-refractivity contribution in [1.82, 2.24) is 4.90 Å². The molecule has 0 aliphatic heterocycles. The predicted octanol–water partition coefficient (Wildman–Crippen LogP) is 2.70. The van der Waals surface area contributed by atoms with Crippen LogP contribution >= 0.6 is 15.9 Å². The molecule has 0 spiro atoms. The summed E-state index contributed by atoms with van der Waals surface area (Å²) in [5, 5.41) is 9.15. The zero-order chi connectivity index (χ0) is 12.5. The Hall–Kier alpha value is -0.560. The Kier molecular flexibility index (Phi) is 4.01. The third kappa shape index (κ3) is 2.76. The lowest BCUT2D eigenvalue weighted by Crippen LogP contribution is -2.51. The van der Waals surface area contributed by atoms with Gasteiger partial charge in [-0.05, 0) is 32.6 Å². The lowest BCUT2D eigenvalue weighted by Gasteiger charge is -2.35. The van der Waals surface area contributed by atoms with Gasteiger partial charge in [0.05, 0.1) is 10.9 Å². The normalized spacial score (nSPS) is 18.1. The van der Waals surface area contributed by atoms with Crippen molar-refractivity contribution in [2.75, 3.05) is 0 Å². The van der Waals surface area contributed by atoms with Gasteiger partial charge in [-0.3, -0.25) is 4.79 Å². The minimum atomic E-state index is -0.709. The summed E-state index contributed by atoms with van der Waals surface area (Å²) in [5.41, 5.74) is -0.709. The number of hydrogen-bond acceptors (Lipinski definition) is 2. The van der Waals surface area contributed by atoms with E-state index in [9.17, 15) is 4.79 Å². The fraction of sp³-hybridized carbons (Fsp3) is 0.833. The third-order valence-electron chi connectivity index (χ3n) is 2.85. The summed E-state index contributed by atoms with van der Waals surface area (Å²) in [5.74, 6) is 0.285. The van der Waals surface area contributed by atoms with Crippen LogP contribution in [0.15, 0.2) is 0 Å². The molecule has 1 unspecified atom stereocenters. The molecule has 3 nitrogen and oxygen atoms in total. The summed E-state index contributed by atoms with van der Waals surface area (Å²) in [7, 11) is 0. The van der Waals surface area contributed by atoms with E-state index >= 15 is 0 Å². The fourth-order valence-electron chi connectivity index (χ4n) is 1.72. The maximum Gasteiger partial charge on any atom is 0.238 e. The van der Waals surface area contributed by atoms with Gasteiger partial charge in [0.1, 0.15) is 5.54 Å². The van der Waals surface area contributed by atoms with Gasteiger partial charge in [0.25, 0.3) is 0 Å². The standard InChI is InChI=1S/C12H19BrN2O/c1-8(2)10(13)11(16)15(9-5-6-9)12(3,4)7-14/h8-10H,5-6H2,1-4H3. The second-order valence-corrected chi connectivity index (χ2v) is 6.24. The molecule has 0 aromatic rings. The Morgan fingerprint density at radius 3 is 2.31 bits per heavy atom. The molecule has 1 rings (SSSR count). The molecule has 1 atom stereocenters. The average Bonchev–Trinajstić information content (AvgIpc) is 3.00. The van der Waals surface area contributed by atoms with Crippen LogP contribution in [-0.2, 0) is 4.79 Å². The molecule has 0 bridgehead atoms. The summed E-state index contributed by atoms with van der Waals surface area (Å²) >= 11 is 3.43. The van der Waals surface area contributed by atoms with Gasteiger partial charge in [-0.15, -0.1) is 0 Å². The minimum Gasteiger partial charge on any atom is -0.321 e. The van der Waals surface area contributed by atoms with E-state index in [0.29, 0.717) is 0 Å². The first-order valence-corrected chi connectivity index (χ1v) is 6.61. The van der Waals surface area contributed by atoms with Crippen LogP contribution in [0.4, 0.5) is 0 Å². The van der Waals surface area contributed by atoms with E-state index < -0.39 is 5.54 Å². The number of nitrogens with zero attached hydrogens (tertiary/aromatic N) is 2. The van der Waals surface area contributed by atoms with Crippen molar-refractivity contribution < 1.29 is 4.79 Å². The predicted molar refractivity (Wildman–Crippen MR) is 67.1 cm³/mol. The van der Waals surface area contributed by atoms with Gasteiger partial charge in [-0.25, -0.2) is 0 Å². The maximum absolute atomic E-state index is 12.3. The van der Waals surface area contributed by atoms with Gasteiger partial charge in [0, 0.05) is 6.04 Å². The van der Waals surface area contributed by atoms with Crippen LogP contribution in [0.25, 0.3) is 0 Å². The number of nitriles is 1. The van der Waals surface area contributed by atoms with E-state index in [0.717, 1.165) is 12.8 Å². The van der Waals surface area contributed by atoms with Crippen LogP contribution in [0.1, 0.15) is 40.5 Å². The molecule has 1 saturated carbocycles. The summed E-state index contributed by atoms with van der Waals surface area (Å²) in [6.07, 6.45) is 2.04. The Balaban J connectivity index is 2.87. The molecule has 16 heavy (non-hydrogen) atoms. The van der Waals surface area contributed by atoms with Crippen molar-refractivity contribution in [1.29, 1.82) is 5.26 Å². The second-order valence-electron chi connectivity index (χ2n) is 5.26. The average molecular weight is 287 g/mol. The molecule has 4 heteroatoms. The van der Waals surface area contributed by atoms with Crippen LogP contribution in [-0.4, -0.2) is 27.2 Å². The first-order chi connectivity index (χ1) is 7.31. The molecule has 1 amide bonds. The van der Waals surface area contributed by atoms with Crippen molar-refractivity contribution in [3.63, 3.8) is 0 Å². The van der Waals surface area contributed by atoms with Crippen LogP contribution in [0, 0.1) is 17.2 Å². The number of carbonyl (C=O) groups is 1. The number of hydrogen-bond donors (Lipinski definition) is 0. The summed E-state index contributed by atoms with van der Waals surface area (Å²) in [6, 6.07) is 2.49. The van der Waals surface area contributed by atoms with Crippen LogP contribution in [0.2, 0.25) is 0 Å². The van der Waals surface area contributed by atoms with E-state index in [1.165, 1.54) is 0 Å². The number of halogens is 1. The number of rotatable bonds is 4. The Morgan fingerprint density at radius 1 is 1.50 bits per heavy atom. The molecule has 0 heterocycles.